The second-order valence-corrected chi connectivity index (χ2v) is 6.40. The molecule has 2 aliphatic heterocycles. The van der Waals surface area contributed by atoms with E-state index in [1.54, 1.807) is 0 Å². The lowest BCUT2D eigenvalue weighted by atomic mass is 9.89. The molecule has 2 fully saturated rings. The van der Waals surface area contributed by atoms with E-state index in [9.17, 15) is 4.79 Å². The first-order valence-electron chi connectivity index (χ1n) is 8.19. The van der Waals surface area contributed by atoms with Gasteiger partial charge < -0.3 is 15.6 Å². The van der Waals surface area contributed by atoms with Gasteiger partial charge in [0.2, 0.25) is 5.91 Å². The number of carbonyl (C=O) groups is 1. The molecule has 1 aromatic carbocycles. The number of hydrazine groups is 1. The van der Waals surface area contributed by atoms with Gasteiger partial charge in [-0.15, -0.1) is 0 Å². The summed E-state index contributed by atoms with van der Waals surface area (Å²) in [6.07, 6.45) is 1.04. The predicted molar refractivity (Wildman–Crippen MR) is 87.5 cm³/mol. The van der Waals surface area contributed by atoms with Crippen LogP contribution in [0.3, 0.4) is 0 Å². The number of hydrogen-bond donors (Lipinski definition) is 5. The molecule has 7 nitrogen and oxygen atoms in total. The summed E-state index contributed by atoms with van der Waals surface area (Å²) in [7, 11) is 0. The molecular formula is C16H22N6O. The molecule has 3 heterocycles. The normalized spacial score (nSPS) is 28.5. The van der Waals surface area contributed by atoms with Crippen LogP contribution in [-0.2, 0) is 4.79 Å². The minimum absolute atomic E-state index is 0.0154. The third-order valence-electron chi connectivity index (χ3n) is 4.84. The third-order valence-corrected chi connectivity index (χ3v) is 4.84. The first-order valence-corrected chi connectivity index (χ1v) is 8.19. The standard InChI is InChI=1S/C16H22N6O/c1-9(15-19-12-4-2-3-5-13(12)20-15)18-16(23)14-10-8-17-7-6-11(10)21-22-14/h2-5,9-11,14,17,21-22H,6-8H2,1H3,(H,18,23)(H,19,20). The molecule has 2 aliphatic rings. The Labute approximate surface area is 134 Å². The minimum atomic E-state index is -0.209. The number of carbonyl (C=O) groups excluding carboxylic acids is 1. The molecule has 1 aromatic heterocycles. The van der Waals surface area contributed by atoms with Crippen LogP contribution >= 0.6 is 0 Å². The third kappa shape index (κ3) is 2.71. The summed E-state index contributed by atoms with van der Waals surface area (Å²) in [5, 5.41) is 6.43. The van der Waals surface area contributed by atoms with Crippen molar-refractivity contribution in [2.24, 2.45) is 5.92 Å². The van der Waals surface area contributed by atoms with Gasteiger partial charge in [-0.1, -0.05) is 12.1 Å². The maximum atomic E-state index is 12.6. The molecule has 2 aromatic rings. The first kappa shape index (κ1) is 14.6. The number of fused-ring (bicyclic) bond motifs is 2. The van der Waals surface area contributed by atoms with Crippen LogP contribution in [0.15, 0.2) is 24.3 Å². The molecule has 0 spiro atoms. The molecule has 0 radical (unpaired) electrons. The molecule has 0 saturated carbocycles. The number of para-hydroxylation sites is 2. The van der Waals surface area contributed by atoms with Gasteiger partial charge in [-0.3, -0.25) is 10.2 Å². The molecule has 2 saturated heterocycles. The summed E-state index contributed by atoms with van der Waals surface area (Å²) >= 11 is 0. The number of piperidine rings is 1. The summed E-state index contributed by atoms with van der Waals surface area (Å²) in [6, 6.07) is 7.88. The van der Waals surface area contributed by atoms with Gasteiger partial charge in [-0.05, 0) is 32.0 Å². The quantitative estimate of drug-likeness (QED) is 0.558. The lowest BCUT2D eigenvalue weighted by Gasteiger charge is -2.27. The summed E-state index contributed by atoms with van der Waals surface area (Å²) in [5.74, 6) is 1.08. The van der Waals surface area contributed by atoms with Crippen LogP contribution in [0, 0.1) is 5.92 Å². The van der Waals surface area contributed by atoms with Crippen molar-refractivity contribution in [1.29, 1.82) is 0 Å². The molecule has 23 heavy (non-hydrogen) atoms. The number of aromatic amines is 1. The molecule has 4 rings (SSSR count). The molecule has 122 valence electrons. The summed E-state index contributed by atoms with van der Waals surface area (Å²) in [4.78, 5) is 20.4. The van der Waals surface area contributed by atoms with Crippen molar-refractivity contribution in [2.45, 2.75) is 31.5 Å². The van der Waals surface area contributed by atoms with Crippen molar-refractivity contribution in [2.75, 3.05) is 13.1 Å². The fraction of sp³-hybridized carbons (Fsp3) is 0.500. The smallest absolute Gasteiger partial charge is 0.239 e. The lowest BCUT2D eigenvalue weighted by Crippen LogP contribution is -2.49. The van der Waals surface area contributed by atoms with Gasteiger partial charge in [-0.25, -0.2) is 10.4 Å². The number of rotatable bonds is 3. The van der Waals surface area contributed by atoms with E-state index in [0.717, 1.165) is 36.4 Å². The number of nitrogens with one attached hydrogen (secondary N) is 5. The molecule has 4 atom stereocenters. The Morgan fingerprint density at radius 1 is 1.35 bits per heavy atom. The minimum Gasteiger partial charge on any atom is -0.345 e. The number of H-pyrrole nitrogens is 1. The Kier molecular flexibility index (Phi) is 3.76. The van der Waals surface area contributed by atoms with E-state index in [-0.39, 0.29) is 23.9 Å². The van der Waals surface area contributed by atoms with Crippen LogP contribution in [0.4, 0.5) is 0 Å². The van der Waals surface area contributed by atoms with E-state index in [1.165, 1.54) is 0 Å². The molecule has 4 unspecified atom stereocenters. The van der Waals surface area contributed by atoms with Crippen LogP contribution < -0.4 is 21.5 Å². The second-order valence-electron chi connectivity index (χ2n) is 6.40. The largest absolute Gasteiger partial charge is 0.345 e. The average Bonchev–Trinajstić information content (AvgIpc) is 3.18. The Balaban J connectivity index is 1.45. The zero-order valence-electron chi connectivity index (χ0n) is 13.1. The molecule has 7 heteroatoms. The predicted octanol–water partition coefficient (Wildman–Crippen LogP) is 0.195. The van der Waals surface area contributed by atoms with E-state index in [2.05, 4.69) is 31.5 Å². The monoisotopic (exact) mass is 314 g/mol. The maximum absolute atomic E-state index is 12.6. The van der Waals surface area contributed by atoms with E-state index >= 15 is 0 Å². The Hall–Kier alpha value is -1.96. The number of hydrogen-bond acceptors (Lipinski definition) is 5. The van der Waals surface area contributed by atoms with Crippen LogP contribution in [0.1, 0.15) is 25.2 Å². The van der Waals surface area contributed by atoms with Crippen LogP contribution in [0.2, 0.25) is 0 Å². The number of amides is 1. The highest BCUT2D eigenvalue weighted by Gasteiger charge is 2.41. The van der Waals surface area contributed by atoms with Crippen molar-refractivity contribution >= 4 is 16.9 Å². The molecule has 1 amide bonds. The highest BCUT2D eigenvalue weighted by molar-refractivity contribution is 5.83. The van der Waals surface area contributed by atoms with Crippen molar-refractivity contribution in [3.8, 4) is 0 Å². The molecule has 0 bridgehead atoms. The fourth-order valence-electron chi connectivity index (χ4n) is 3.52. The van der Waals surface area contributed by atoms with Crippen LogP contribution in [0.25, 0.3) is 11.0 Å². The van der Waals surface area contributed by atoms with Crippen LogP contribution in [-0.4, -0.2) is 41.0 Å². The second kappa shape index (κ2) is 5.92. The number of aromatic nitrogens is 2. The van der Waals surface area contributed by atoms with Gasteiger partial charge in [-0.2, -0.15) is 0 Å². The van der Waals surface area contributed by atoms with Crippen molar-refractivity contribution in [3.63, 3.8) is 0 Å². The Morgan fingerprint density at radius 2 is 2.22 bits per heavy atom. The topological polar surface area (TPSA) is 93.9 Å². The van der Waals surface area contributed by atoms with E-state index < -0.39 is 0 Å². The van der Waals surface area contributed by atoms with E-state index in [4.69, 9.17) is 0 Å². The molecule has 5 N–H and O–H groups in total. The lowest BCUT2D eigenvalue weighted by molar-refractivity contribution is -0.124. The van der Waals surface area contributed by atoms with Crippen molar-refractivity contribution < 1.29 is 4.79 Å². The highest BCUT2D eigenvalue weighted by Crippen LogP contribution is 2.21. The number of imidazole rings is 1. The number of benzene rings is 1. The van der Waals surface area contributed by atoms with Crippen molar-refractivity contribution in [1.82, 2.24) is 31.5 Å². The van der Waals surface area contributed by atoms with Gasteiger partial charge in [0.1, 0.15) is 11.9 Å². The summed E-state index contributed by atoms with van der Waals surface area (Å²) < 4.78 is 0. The molecular weight excluding hydrogens is 292 g/mol. The van der Waals surface area contributed by atoms with E-state index in [1.807, 2.05) is 31.2 Å². The van der Waals surface area contributed by atoms with Gasteiger partial charge in [0.25, 0.3) is 0 Å². The maximum Gasteiger partial charge on any atom is 0.239 e. The average molecular weight is 314 g/mol. The van der Waals surface area contributed by atoms with Gasteiger partial charge in [0, 0.05) is 18.5 Å². The fourth-order valence-corrected chi connectivity index (χ4v) is 3.52. The van der Waals surface area contributed by atoms with Gasteiger partial charge >= 0.3 is 0 Å². The zero-order chi connectivity index (χ0) is 15.8. The SMILES string of the molecule is CC(NC(=O)C1NNC2CCNCC21)c1nc2ccccc2[nH]1. The van der Waals surface area contributed by atoms with E-state index in [0.29, 0.717) is 6.04 Å². The first-order chi connectivity index (χ1) is 11.2. The Bertz CT molecular complexity index is 680. The van der Waals surface area contributed by atoms with Crippen molar-refractivity contribution in [3.05, 3.63) is 30.1 Å². The zero-order valence-corrected chi connectivity index (χ0v) is 13.1. The molecule has 0 aliphatic carbocycles. The number of nitrogens with zero attached hydrogens (tertiary/aromatic N) is 1. The highest BCUT2D eigenvalue weighted by atomic mass is 16.2. The Morgan fingerprint density at radius 3 is 3.09 bits per heavy atom. The van der Waals surface area contributed by atoms with Crippen LogP contribution in [0.5, 0.6) is 0 Å². The van der Waals surface area contributed by atoms with Gasteiger partial charge in [0.15, 0.2) is 0 Å². The van der Waals surface area contributed by atoms with Gasteiger partial charge in [0.05, 0.1) is 17.1 Å². The summed E-state index contributed by atoms with van der Waals surface area (Å²) in [6.45, 7) is 3.82. The summed E-state index contributed by atoms with van der Waals surface area (Å²) in [5.41, 5.74) is 8.30.